The van der Waals surface area contributed by atoms with Gasteiger partial charge in [0, 0.05) is 24.6 Å². The van der Waals surface area contributed by atoms with E-state index in [2.05, 4.69) is 0 Å². The zero-order valence-corrected chi connectivity index (χ0v) is 9.69. The second-order valence-corrected chi connectivity index (χ2v) is 4.51. The van der Waals surface area contributed by atoms with E-state index in [9.17, 15) is 9.59 Å². The SMILES string of the molecule is CN1C(=O)/C(=C2\CCCC2=O)c2ccccc21. The average Bonchev–Trinajstić information content (AvgIpc) is 2.84. The van der Waals surface area contributed by atoms with E-state index in [1.807, 2.05) is 24.3 Å². The highest BCUT2D eigenvalue weighted by Gasteiger charge is 2.34. The van der Waals surface area contributed by atoms with Crippen LogP contribution >= 0.6 is 0 Å². The highest BCUT2D eigenvalue weighted by molar-refractivity contribution is 6.36. The molecule has 0 saturated heterocycles. The molecule has 1 saturated carbocycles. The Balaban J connectivity index is 2.25. The number of hydrogen-bond acceptors (Lipinski definition) is 2. The highest BCUT2D eigenvalue weighted by atomic mass is 16.2. The molecular formula is C14H13NO2. The zero-order chi connectivity index (χ0) is 12.0. The summed E-state index contributed by atoms with van der Waals surface area (Å²) in [4.78, 5) is 25.6. The molecule has 0 radical (unpaired) electrons. The van der Waals surface area contributed by atoms with Crippen LogP contribution in [0.3, 0.4) is 0 Å². The number of carbonyl (C=O) groups is 2. The molecule has 2 aliphatic rings. The number of carbonyl (C=O) groups excluding carboxylic acids is 2. The highest BCUT2D eigenvalue weighted by Crippen LogP contribution is 2.40. The number of anilines is 1. The molecule has 1 aromatic carbocycles. The van der Waals surface area contributed by atoms with E-state index in [-0.39, 0.29) is 11.7 Å². The van der Waals surface area contributed by atoms with E-state index in [4.69, 9.17) is 0 Å². The topological polar surface area (TPSA) is 37.4 Å². The quantitative estimate of drug-likeness (QED) is 0.637. The third-order valence-corrected chi connectivity index (χ3v) is 3.52. The van der Waals surface area contributed by atoms with Gasteiger partial charge < -0.3 is 4.90 Å². The van der Waals surface area contributed by atoms with Gasteiger partial charge in [0.25, 0.3) is 5.91 Å². The Morgan fingerprint density at radius 2 is 1.88 bits per heavy atom. The molecule has 1 aliphatic heterocycles. The molecule has 1 aromatic rings. The van der Waals surface area contributed by atoms with E-state index in [1.54, 1.807) is 11.9 Å². The molecule has 1 amide bonds. The number of nitrogens with zero attached hydrogens (tertiary/aromatic N) is 1. The first-order valence-electron chi connectivity index (χ1n) is 5.84. The maximum Gasteiger partial charge on any atom is 0.259 e. The molecule has 3 rings (SSSR count). The molecule has 86 valence electrons. The van der Waals surface area contributed by atoms with Gasteiger partial charge >= 0.3 is 0 Å². The predicted molar refractivity (Wildman–Crippen MR) is 65.6 cm³/mol. The fourth-order valence-corrected chi connectivity index (χ4v) is 2.64. The fraction of sp³-hybridized carbons (Fsp3) is 0.286. The minimum Gasteiger partial charge on any atom is -0.311 e. The van der Waals surface area contributed by atoms with Crippen LogP contribution in [0.15, 0.2) is 29.8 Å². The maximum atomic E-state index is 12.2. The van der Waals surface area contributed by atoms with Gasteiger partial charge in [-0.05, 0) is 18.9 Å². The van der Waals surface area contributed by atoms with E-state index < -0.39 is 0 Å². The summed E-state index contributed by atoms with van der Waals surface area (Å²) in [5.74, 6) is 0.0925. The Bertz CT molecular complexity index is 557. The lowest BCUT2D eigenvalue weighted by Gasteiger charge is -2.08. The lowest BCUT2D eigenvalue weighted by Crippen LogP contribution is -2.21. The zero-order valence-electron chi connectivity index (χ0n) is 9.69. The standard InChI is InChI=1S/C14H13NO2/c1-15-11-7-3-2-5-9(11)13(14(15)17)10-6-4-8-12(10)16/h2-3,5,7H,4,6,8H2,1H3/b13-10+. The lowest BCUT2D eigenvalue weighted by atomic mass is 9.99. The summed E-state index contributed by atoms with van der Waals surface area (Å²) >= 11 is 0. The monoisotopic (exact) mass is 227 g/mol. The predicted octanol–water partition coefficient (Wildman–Crippen LogP) is 2.17. The Hall–Kier alpha value is -1.90. The van der Waals surface area contributed by atoms with Crippen molar-refractivity contribution in [1.82, 2.24) is 0 Å². The van der Waals surface area contributed by atoms with E-state index in [1.165, 1.54) is 0 Å². The molecule has 17 heavy (non-hydrogen) atoms. The van der Waals surface area contributed by atoms with Crippen LogP contribution in [0.25, 0.3) is 5.57 Å². The van der Waals surface area contributed by atoms with Gasteiger partial charge in [0.15, 0.2) is 5.78 Å². The van der Waals surface area contributed by atoms with Gasteiger partial charge in [-0.15, -0.1) is 0 Å². The number of benzene rings is 1. The summed E-state index contributed by atoms with van der Waals surface area (Å²) in [5, 5.41) is 0. The average molecular weight is 227 g/mol. The van der Waals surface area contributed by atoms with Crippen molar-refractivity contribution < 1.29 is 9.59 Å². The van der Waals surface area contributed by atoms with Gasteiger partial charge in [0.2, 0.25) is 0 Å². The number of rotatable bonds is 0. The number of ketones is 1. The Morgan fingerprint density at radius 1 is 1.12 bits per heavy atom. The fourth-order valence-electron chi connectivity index (χ4n) is 2.64. The first-order chi connectivity index (χ1) is 8.20. The molecule has 1 fully saturated rings. The summed E-state index contributed by atoms with van der Waals surface area (Å²) in [6, 6.07) is 7.66. The van der Waals surface area contributed by atoms with Crippen molar-refractivity contribution in [2.75, 3.05) is 11.9 Å². The van der Waals surface area contributed by atoms with Gasteiger partial charge in [0.05, 0.1) is 11.3 Å². The van der Waals surface area contributed by atoms with Crippen molar-refractivity contribution in [3.05, 3.63) is 35.4 Å². The molecule has 0 atom stereocenters. The molecule has 1 aliphatic carbocycles. The second-order valence-electron chi connectivity index (χ2n) is 4.51. The lowest BCUT2D eigenvalue weighted by molar-refractivity contribution is -0.115. The van der Waals surface area contributed by atoms with Crippen LogP contribution in [0, 0.1) is 0 Å². The van der Waals surface area contributed by atoms with Crippen molar-refractivity contribution in [2.45, 2.75) is 19.3 Å². The van der Waals surface area contributed by atoms with Crippen molar-refractivity contribution in [1.29, 1.82) is 0 Å². The summed E-state index contributed by atoms with van der Waals surface area (Å²) < 4.78 is 0. The number of amides is 1. The first-order valence-corrected chi connectivity index (χ1v) is 5.84. The summed E-state index contributed by atoms with van der Waals surface area (Å²) in [6.45, 7) is 0. The van der Waals surface area contributed by atoms with Gasteiger partial charge in [-0.2, -0.15) is 0 Å². The molecule has 3 nitrogen and oxygen atoms in total. The van der Waals surface area contributed by atoms with Gasteiger partial charge in [-0.25, -0.2) is 0 Å². The third-order valence-electron chi connectivity index (χ3n) is 3.52. The molecule has 0 unspecified atom stereocenters. The Kier molecular flexibility index (Phi) is 2.15. The first kappa shape index (κ1) is 10.3. The molecule has 0 spiro atoms. The number of Topliss-reactive ketones (excluding diaryl/α,β-unsaturated/α-hetero) is 1. The van der Waals surface area contributed by atoms with E-state index in [0.29, 0.717) is 12.0 Å². The number of allylic oxidation sites excluding steroid dienone is 1. The summed E-state index contributed by atoms with van der Waals surface area (Å²) in [7, 11) is 1.76. The minimum atomic E-state index is -0.0450. The van der Waals surface area contributed by atoms with E-state index >= 15 is 0 Å². The molecule has 0 aromatic heterocycles. The number of para-hydroxylation sites is 1. The molecule has 0 bridgehead atoms. The molecule has 1 heterocycles. The Labute approximate surface area is 99.7 Å². The summed E-state index contributed by atoms with van der Waals surface area (Å²) in [6.07, 6.45) is 2.19. The molecular weight excluding hydrogens is 214 g/mol. The summed E-state index contributed by atoms with van der Waals surface area (Å²) in [5.41, 5.74) is 3.17. The number of likely N-dealkylation sites (N-methyl/N-ethyl adjacent to an activating group) is 1. The third kappa shape index (κ3) is 1.35. The van der Waals surface area contributed by atoms with Crippen LogP contribution in [0.1, 0.15) is 24.8 Å². The van der Waals surface area contributed by atoms with Crippen LogP contribution in [-0.2, 0) is 9.59 Å². The number of hydrogen-bond donors (Lipinski definition) is 0. The molecule has 3 heteroatoms. The molecule has 0 N–H and O–H groups in total. The largest absolute Gasteiger partial charge is 0.311 e. The minimum absolute atomic E-state index is 0.0450. The van der Waals surface area contributed by atoms with Crippen LogP contribution in [0.4, 0.5) is 5.69 Å². The van der Waals surface area contributed by atoms with Crippen molar-refractivity contribution >= 4 is 23.0 Å². The van der Waals surface area contributed by atoms with Crippen molar-refractivity contribution in [2.24, 2.45) is 0 Å². The van der Waals surface area contributed by atoms with Gasteiger partial charge in [-0.3, -0.25) is 9.59 Å². The second kappa shape index (κ2) is 3.55. The maximum absolute atomic E-state index is 12.2. The van der Waals surface area contributed by atoms with Crippen LogP contribution < -0.4 is 4.90 Å². The van der Waals surface area contributed by atoms with Crippen molar-refractivity contribution in [3.63, 3.8) is 0 Å². The smallest absolute Gasteiger partial charge is 0.259 e. The van der Waals surface area contributed by atoms with Gasteiger partial charge in [0.1, 0.15) is 0 Å². The van der Waals surface area contributed by atoms with Crippen LogP contribution in [0.2, 0.25) is 0 Å². The van der Waals surface area contributed by atoms with E-state index in [0.717, 1.165) is 29.7 Å². The van der Waals surface area contributed by atoms with Crippen LogP contribution in [-0.4, -0.2) is 18.7 Å². The van der Waals surface area contributed by atoms with Gasteiger partial charge in [-0.1, -0.05) is 18.2 Å². The van der Waals surface area contributed by atoms with Crippen molar-refractivity contribution in [3.8, 4) is 0 Å². The normalized spacial score (nSPS) is 23.5. The Morgan fingerprint density at radius 3 is 2.59 bits per heavy atom. The number of fused-ring (bicyclic) bond motifs is 1. The van der Waals surface area contributed by atoms with Crippen LogP contribution in [0.5, 0.6) is 0 Å².